The molecular formula is C24H20ClF6N5O3. The molecule has 1 unspecified atom stereocenters. The van der Waals surface area contributed by atoms with Crippen LogP contribution in [-0.2, 0) is 19.3 Å². The van der Waals surface area contributed by atoms with Crippen LogP contribution in [0.5, 0.6) is 0 Å². The molecule has 0 radical (unpaired) electrons. The van der Waals surface area contributed by atoms with E-state index in [1.54, 1.807) is 0 Å². The van der Waals surface area contributed by atoms with E-state index in [-0.39, 0.29) is 17.3 Å². The number of hydrogen-bond donors (Lipinski definition) is 2. The number of alkyl halides is 6. The van der Waals surface area contributed by atoms with Gasteiger partial charge >= 0.3 is 18.0 Å². The molecule has 0 amide bonds. The van der Waals surface area contributed by atoms with E-state index in [1.807, 2.05) is 0 Å². The molecule has 0 spiro atoms. The average Bonchev–Trinajstić information content (AvgIpc) is 3.41. The Balaban J connectivity index is 1.80. The van der Waals surface area contributed by atoms with Crippen LogP contribution in [0.25, 0.3) is 16.9 Å². The monoisotopic (exact) mass is 575 g/mol. The highest BCUT2D eigenvalue weighted by Crippen LogP contribution is 2.34. The highest BCUT2D eigenvalue weighted by molar-refractivity contribution is 6.30. The zero-order chi connectivity index (χ0) is 28.7. The molecule has 0 aliphatic heterocycles. The zero-order valence-corrected chi connectivity index (χ0v) is 20.7. The molecule has 0 saturated carbocycles. The summed E-state index contributed by atoms with van der Waals surface area (Å²) in [5, 5.41) is 24.2. The Labute approximate surface area is 221 Å². The third-order valence-electron chi connectivity index (χ3n) is 5.72. The number of aliphatic hydroxyl groups excluding tert-OH is 2. The number of para-hydroxylation sites is 1. The molecule has 0 bridgehead atoms. The molecule has 0 saturated heterocycles. The van der Waals surface area contributed by atoms with Crippen molar-refractivity contribution in [2.24, 2.45) is 0 Å². The van der Waals surface area contributed by atoms with Crippen molar-refractivity contribution in [2.45, 2.75) is 44.6 Å². The Kier molecular flexibility index (Phi) is 7.65. The van der Waals surface area contributed by atoms with Gasteiger partial charge in [0.1, 0.15) is 6.10 Å². The minimum atomic E-state index is -5.00. The van der Waals surface area contributed by atoms with E-state index in [2.05, 4.69) is 10.1 Å². The Morgan fingerprint density at radius 2 is 1.64 bits per heavy atom. The molecule has 15 heteroatoms. The van der Waals surface area contributed by atoms with Gasteiger partial charge in [0.25, 0.3) is 0 Å². The lowest BCUT2D eigenvalue weighted by Crippen LogP contribution is -2.37. The van der Waals surface area contributed by atoms with Gasteiger partial charge in [0.2, 0.25) is 0 Å². The minimum absolute atomic E-state index is 0.0116. The number of halogens is 7. The first-order valence-electron chi connectivity index (χ1n) is 11.3. The molecule has 4 rings (SSSR count). The Morgan fingerprint density at radius 3 is 2.23 bits per heavy atom. The predicted molar refractivity (Wildman–Crippen MR) is 127 cm³/mol. The summed E-state index contributed by atoms with van der Waals surface area (Å²) in [6.07, 6.45) is -12.8. The third kappa shape index (κ3) is 6.02. The highest BCUT2D eigenvalue weighted by Gasteiger charge is 2.39. The largest absolute Gasteiger partial charge is 0.418 e. The van der Waals surface area contributed by atoms with Crippen molar-refractivity contribution < 1.29 is 36.6 Å². The summed E-state index contributed by atoms with van der Waals surface area (Å²) >= 11 is 5.89. The first-order valence-corrected chi connectivity index (χ1v) is 11.7. The van der Waals surface area contributed by atoms with Crippen LogP contribution in [0.2, 0.25) is 5.02 Å². The van der Waals surface area contributed by atoms with Gasteiger partial charge in [-0.2, -0.15) is 26.3 Å². The summed E-state index contributed by atoms with van der Waals surface area (Å²) in [5.41, 5.74) is -2.10. The van der Waals surface area contributed by atoms with Gasteiger partial charge in [-0.05, 0) is 36.8 Å². The van der Waals surface area contributed by atoms with E-state index in [4.69, 9.17) is 11.6 Å². The van der Waals surface area contributed by atoms with Gasteiger partial charge in [0.05, 0.1) is 30.0 Å². The van der Waals surface area contributed by atoms with Gasteiger partial charge in [-0.1, -0.05) is 35.9 Å². The Morgan fingerprint density at radius 1 is 1.00 bits per heavy atom. The van der Waals surface area contributed by atoms with Gasteiger partial charge < -0.3 is 10.2 Å². The van der Waals surface area contributed by atoms with Crippen molar-refractivity contribution in [1.29, 1.82) is 0 Å². The zero-order valence-electron chi connectivity index (χ0n) is 19.9. The van der Waals surface area contributed by atoms with Crippen molar-refractivity contribution in [3.05, 3.63) is 87.4 Å². The second-order valence-electron chi connectivity index (χ2n) is 8.59. The number of imidazole rings is 1. The van der Waals surface area contributed by atoms with E-state index in [9.17, 15) is 41.4 Å². The van der Waals surface area contributed by atoms with Gasteiger partial charge in [-0.15, -0.1) is 5.10 Å². The molecule has 208 valence electrons. The number of nitrogens with zero attached hydrogens (tertiary/aromatic N) is 5. The lowest BCUT2D eigenvalue weighted by Gasteiger charge is -2.16. The summed E-state index contributed by atoms with van der Waals surface area (Å²) < 4.78 is 82.6. The van der Waals surface area contributed by atoms with Crippen LogP contribution in [0.3, 0.4) is 0 Å². The lowest BCUT2D eigenvalue weighted by atomic mass is 10.1. The van der Waals surface area contributed by atoms with Gasteiger partial charge in [-0.25, -0.2) is 14.5 Å². The highest BCUT2D eigenvalue weighted by atomic mass is 35.5. The van der Waals surface area contributed by atoms with Gasteiger partial charge in [0, 0.05) is 11.2 Å². The Bertz CT molecular complexity index is 1520. The van der Waals surface area contributed by atoms with Crippen molar-refractivity contribution in [3.8, 4) is 16.9 Å². The second-order valence-corrected chi connectivity index (χ2v) is 9.03. The smallest absolute Gasteiger partial charge is 0.385 e. The van der Waals surface area contributed by atoms with E-state index in [0.29, 0.717) is 15.2 Å². The molecule has 0 aliphatic carbocycles. The summed E-state index contributed by atoms with van der Waals surface area (Å²) in [6.45, 7) is -0.317. The maximum Gasteiger partial charge on any atom is 0.418 e. The fourth-order valence-electron chi connectivity index (χ4n) is 3.88. The van der Waals surface area contributed by atoms with Crippen LogP contribution < -0.4 is 5.69 Å². The van der Waals surface area contributed by atoms with Gasteiger partial charge in [0.15, 0.2) is 17.8 Å². The molecule has 2 heterocycles. The number of benzene rings is 2. The van der Waals surface area contributed by atoms with Crippen molar-refractivity contribution >= 4 is 11.6 Å². The molecule has 8 nitrogen and oxygen atoms in total. The number of aromatic nitrogens is 5. The molecule has 2 aromatic heterocycles. The summed E-state index contributed by atoms with van der Waals surface area (Å²) in [7, 11) is 0. The number of aliphatic hydroxyl groups is 2. The molecule has 2 aromatic carbocycles. The van der Waals surface area contributed by atoms with Crippen molar-refractivity contribution in [3.63, 3.8) is 0 Å². The van der Waals surface area contributed by atoms with Crippen LogP contribution in [-0.4, -0.2) is 46.4 Å². The molecule has 2 atom stereocenters. The van der Waals surface area contributed by atoms with Crippen LogP contribution in [0.15, 0.2) is 59.5 Å². The number of rotatable bonds is 7. The topological polar surface area (TPSA) is 98.1 Å². The fraction of sp³-hybridized carbons (Fsp3) is 0.292. The van der Waals surface area contributed by atoms with Crippen LogP contribution in [0, 0.1) is 0 Å². The van der Waals surface area contributed by atoms with Crippen molar-refractivity contribution in [2.75, 3.05) is 0 Å². The lowest BCUT2D eigenvalue weighted by molar-refractivity contribution is -0.207. The quantitative estimate of drug-likeness (QED) is 0.314. The van der Waals surface area contributed by atoms with Gasteiger partial charge in [-0.3, -0.25) is 9.13 Å². The van der Waals surface area contributed by atoms with E-state index in [1.165, 1.54) is 49.5 Å². The predicted octanol–water partition coefficient (Wildman–Crippen LogP) is 4.59. The minimum Gasteiger partial charge on any atom is -0.385 e. The standard InChI is InChI=1S/C24H20ClF6N5O3/c1-13(37)21-32-20(33-36(21)17-5-3-2-4-16(17)23(26,27)28)12-34-10-18(14-6-8-15(25)9-7-14)35(22(34)39)11-19(38)24(29,30)31/h2-10,13,19,37-38H,11-12H2,1H3/t13-,19?/m0/s1. The van der Waals surface area contributed by atoms with Crippen LogP contribution >= 0.6 is 11.6 Å². The fourth-order valence-corrected chi connectivity index (χ4v) is 4.01. The van der Waals surface area contributed by atoms with E-state index in [0.717, 1.165) is 21.4 Å². The van der Waals surface area contributed by atoms with Crippen molar-refractivity contribution in [1.82, 2.24) is 23.9 Å². The molecular weight excluding hydrogens is 556 g/mol. The van der Waals surface area contributed by atoms with E-state index >= 15 is 0 Å². The average molecular weight is 576 g/mol. The maximum absolute atomic E-state index is 13.6. The molecule has 4 aromatic rings. The first kappa shape index (κ1) is 28.4. The SMILES string of the molecule is C[C@H](O)c1nc(Cn2cc(-c3ccc(Cl)cc3)n(CC(O)C(F)(F)F)c2=O)nn1-c1ccccc1C(F)(F)F. The summed E-state index contributed by atoms with van der Waals surface area (Å²) in [4.78, 5) is 17.2. The van der Waals surface area contributed by atoms with Crippen LogP contribution in [0.4, 0.5) is 26.3 Å². The number of hydrogen-bond acceptors (Lipinski definition) is 5. The summed E-state index contributed by atoms with van der Waals surface area (Å²) in [6, 6.07) is 10.3. The Hall–Kier alpha value is -3.62. The first-order chi connectivity index (χ1) is 18.2. The third-order valence-corrected chi connectivity index (χ3v) is 5.97. The molecule has 2 N–H and O–H groups in total. The van der Waals surface area contributed by atoms with Crippen LogP contribution in [0.1, 0.15) is 30.2 Å². The van der Waals surface area contributed by atoms with E-state index < -0.39 is 54.6 Å². The summed E-state index contributed by atoms with van der Waals surface area (Å²) in [5.74, 6) is -0.444. The molecule has 0 aliphatic rings. The normalized spacial score (nSPS) is 14.0. The molecule has 0 fully saturated rings. The maximum atomic E-state index is 13.6. The molecule has 39 heavy (non-hydrogen) atoms. The second kappa shape index (κ2) is 10.5.